The number of rotatable bonds is 6. The minimum Gasteiger partial charge on any atom is -0.326 e. The van der Waals surface area contributed by atoms with Crippen molar-refractivity contribution >= 4 is 22.4 Å². The average molecular weight is 333 g/mol. The molecule has 0 saturated carbocycles. The number of nitrogens with one attached hydrogen (secondary N) is 1. The van der Waals surface area contributed by atoms with Crippen molar-refractivity contribution in [1.82, 2.24) is 0 Å². The Morgan fingerprint density at radius 1 is 1.13 bits per heavy atom. The van der Waals surface area contributed by atoms with Gasteiger partial charge in [0.25, 0.3) is 0 Å². The fourth-order valence-corrected chi connectivity index (χ4v) is 3.38. The van der Waals surface area contributed by atoms with E-state index in [1.165, 1.54) is 24.3 Å². The SMILES string of the molecule is Cc1ccc(C)c(CS(=O)CCC(=O)Nc2ccc(F)cc2)c1. The van der Waals surface area contributed by atoms with Gasteiger partial charge < -0.3 is 5.32 Å². The van der Waals surface area contributed by atoms with Gasteiger partial charge in [-0.1, -0.05) is 23.8 Å². The van der Waals surface area contributed by atoms with Gasteiger partial charge in [0, 0.05) is 34.4 Å². The highest BCUT2D eigenvalue weighted by Gasteiger charge is 2.09. The van der Waals surface area contributed by atoms with Crippen LogP contribution in [0, 0.1) is 19.7 Å². The van der Waals surface area contributed by atoms with E-state index in [2.05, 4.69) is 5.32 Å². The van der Waals surface area contributed by atoms with Crippen molar-refractivity contribution in [2.45, 2.75) is 26.0 Å². The summed E-state index contributed by atoms with van der Waals surface area (Å²) in [6.07, 6.45) is 0.175. The Hall–Kier alpha value is -2.01. The smallest absolute Gasteiger partial charge is 0.225 e. The maximum absolute atomic E-state index is 12.8. The molecule has 0 radical (unpaired) electrons. The summed E-state index contributed by atoms with van der Waals surface area (Å²) in [5.41, 5.74) is 3.84. The van der Waals surface area contributed by atoms with Crippen molar-refractivity contribution < 1.29 is 13.4 Å². The summed E-state index contributed by atoms with van der Waals surface area (Å²) in [5, 5.41) is 2.67. The second kappa shape index (κ2) is 8.02. The Morgan fingerprint density at radius 3 is 2.52 bits per heavy atom. The summed E-state index contributed by atoms with van der Waals surface area (Å²) in [5.74, 6) is 0.196. The molecule has 0 aromatic heterocycles. The van der Waals surface area contributed by atoms with Crippen LogP contribution in [0.25, 0.3) is 0 Å². The van der Waals surface area contributed by atoms with Gasteiger partial charge in [-0.25, -0.2) is 4.39 Å². The van der Waals surface area contributed by atoms with Crippen molar-refractivity contribution in [1.29, 1.82) is 0 Å². The van der Waals surface area contributed by atoms with Crippen LogP contribution in [0.1, 0.15) is 23.1 Å². The van der Waals surface area contributed by atoms with Gasteiger partial charge in [0.15, 0.2) is 0 Å². The van der Waals surface area contributed by atoms with Gasteiger partial charge >= 0.3 is 0 Å². The second-order valence-electron chi connectivity index (χ2n) is 5.52. The number of benzene rings is 2. The molecule has 5 heteroatoms. The molecule has 0 aliphatic heterocycles. The van der Waals surface area contributed by atoms with E-state index in [0.717, 1.165) is 16.7 Å². The molecule has 2 rings (SSSR count). The van der Waals surface area contributed by atoms with Crippen molar-refractivity contribution in [3.63, 3.8) is 0 Å². The van der Waals surface area contributed by atoms with Crippen LogP contribution in [-0.2, 0) is 21.3 Å². The first kappa shape index (κ1) is 17.3. The number of halogens is 1. The molecule has 0 fully saturated rings. The summed E-state index contributed by atoms with van der Waals surface area (Å²) in [7, 11) is -1.09. The molecule has 0 aliphatic rings. The average Bonchev–Trinajstić information content (AvgIpc) is 2.51. The van der Waals surface area contributed by atoms with Gasteiger partial charge in [-0.15, -0.1) is 0 Å². The maximum atomic E-state index is 12.8. The summed E-state index contributed by atoms with van der Waals surface area (Å²) in [6, 6.07) is 11.6. The molecule has 122 valence electrons. The molecule has 0 heterocycles. The van der Waals surface area contributed by atoms with Gasteiger partial charge in [0.2, 0.25) is 5.91 Å². The molecule has 1 amide bonds. The Bertz CT molecular complexity index is 713. The molecule has 0 saturated heterocycles. The highest BCUT2D eigenvalue weighted by molar-refractivity contribution is 7.84. The van der Waals surface area contributed by atoms with Gasteiger partial charge in [-0.05, 0) is 49.2 Å². The van der Waals surface area contributed by atoms with Gasteiger partial charge in [0.05, 0.1) is 0 Å². The highest BCUT2D eigenvalue weighted by atomic mass is 32.2. The molecule has 1 N–H and O–H groups in total. The van der Waals surface area contributed by atoms with Crippen LogP contribution in [0.4, 0.5) is 10.1 Å². The summed E-state index contributed by atoms with van der Waals surface area (Å²) < 4.78 is 25.0. The van der Waals surface area contributed by atoms with E-state index in [0.29, 0.717) is 17.2 Å². The third kappa shape index (κ3) is 5.60. The van der Waals surface area contributed by atoms with Gasteiger partial charge in [0.1, 0.15) is 5.82 Å². The lowest BCUT2D eigenvalue weighted by Gasteiger charge is -2.08. The lowest BCUT2D eigenvalue weighted by Crippen LogP contribution is -2.15. The van der Waals surface area contributed by atoms with E-state index < -0.39 is 10.8 Å². The standard InChI is InChI=1S/C18H20FNO2S/c1-13-3-4-14(2)15(11-13)12-23(22)10-9-18(21)20-17-7-5-16(19)6-8-17/h3-8,11H,9-10,12H2,1-2H3,(H,20,21). The van der Waals surface area contributed by atoms with Gasteiger partial charge in [-0.3, -0.25) is 9.00 Å². The van der Waals surface area contributed by atoms with Crippen LogP contribution in [-0.4, -0.2) is 15.9 Å². The van der Waals surface area contributed by atoms with Crippen LogP contribution in [0.5, 0.6) is 0 Å². The fraction of sp³-hybridized carbons (Fsp3) is 0.278. The molecule has 2 aromatic carbocycles. The number of amides is 1. The van der Waals surface area contributed by atoms with Crippen molar-refractivity contribution in [2.75, 3.05) is 11.1 Å². The van der Waals surface area contributed by atoms with Crippen LogP contribution < -0.4 is 5.32 Å². The zero-order chi connectivity index (χ0) is 16.8. The number of carbonyl (C=O) groups excluding carboxylic acids is 1. The van der Waals surface area contributed by atoms with E-state index in [9.17, 15) is 13.4 Å². The molecule has 1 atom stereocenters. The number of hydrogen-bond acceptors (Lipinski definition) is 2. The molecule has 3 nitrogen and oxygen atoms in total. The summed E-state index contributed by atoms with van der Waals surface area (Å²) in [6.45, 7) is 4.00. The Kier molecular flexibility index (Phi) is 6.04. The monoisotopic (exact) mass is 333 g/mol. The quantitative estimate of drug-likeness (QED) is 0.876. The van der Waals surface area contributed by atoms with E-state index in [1.54, 1.807) is 0 Å². The number of anilines is 1. The first-order valence-corrected chi connectivity index (χ1v) is 8.89. The van der Waals surface area contributed by atoms with E-state index >= 15 is 0 Å². The highest BCUT2D eigenvalue weighted by Crippen LogP contribution is 2.14. The molecular formula is C18H20FNO2S. The topological polar surface area (TPSA) is 46.2 Å². The number of carbonyl (C=O) groups is 1. The van der Waals surface area contributed by atoms with E-state index in [1.807, 2.05) is 32.0 Å². The lowest BCUT2D eigenvalue weighted by molar-refractivity contribution is -0.115. The Labute approximate surface area is 138 Å². The molecule has 0 aliphatic carbocycles. The second-order valence-corrected chi connectivity index (χ2v) is 7.10. The van der Waals surface area contributed by atoms with Crippen molar-refractivity contribution in [2.24, 2.45) is 0 Å². The molecule has 0 bridgehead atoms. The van der Waals surface area contributed by atoms with Crippen LogP contribution in [0.15, 0.2) is 42.5 Å². The summed E-state index contributed by atoms with van der Waals surface area (Å²) in [4.78, 5) is 11.8. The van der Waals surface area contributed by atoms with E-state index in [-0.39, 0.29) is 18.1 Å². The minimum absolute atomic E-state index is 0.175. The normalized spacial score (nSPS) is 12.0. The molecule has 1 unspecified atom stereocenters. The lowest BCUT2D eigenvalue weighted by atomic mass is 10.1. The van der Waals surface area contributed by atoms with Gasteiger partial charge in [-0.2, -0.15) is 0 Å². The minimum atomic E-state index is -1.09. The Balaban J connectivity index is 1.83. The molecule has 2 aromatic rings. The Morgan fingerprint density at radius 2 is 1.83 bits per heavy atom. The molecule has 0 spiro atoms. The van der Waals surface area contributed by atoms with Crippen LogP contribution >= 0.6 is 0 Å². The van der Waals surface area contributed by atoms with Crippen LogP contribution in [0.3, 0.4) is 0 Å². The first-order valence-electron chi connectivity index (χ1n) is 7.40. The largest absolute Gasteiger partial charge is 0.326 e. The zero-order valence-electron chi connectivity index (χ0n) is 13.3. The first-order chi connectivity index (χ1) is 10.9. The molecular weight excluding hydrogens is 313 g/mol. The number of aryl methyl sites for hydroxylation is 2. The fourth-order valence-electron chi connectivity index (χ4n) is 2.16. The predicted molar refractivity (Wildman–Crippen MR) is 92.3 cm³/mol. The van der Waals surface area contributed by atoms with Crippen molar-refractivity contribution in [3.8, 4) is 0 Å². The number of hydrogen-bond donors (Lipinski definition) is 1. The maximum Gasteiger partial charge on any atom is 0.225 e. The zero-order valence-corrected chi connectivity index (χ0v) is 14.1. The van der Waals surface area contributed by atoms with Crippen molar-refractivity contribution in [3.05, 3.63) is 65.0 Å². The third-order valence-corrected chi connectivity index (χ3v) is 4.80. The summed E-state index contributed by atoms with van der Waals surface area (Å²) >= 11 is 0. The van der Waals surface area contributed by atoms with E-state index in [4.69, 9.17) is 0 Å². The molecule has 23 heavy (non-hydrogen) atoms. The predicted octanol–water partition coefficient (Wildman–Crippen LogP) is 3.72. The van der Waals surface area contributed by atoms with Crippen LogP contribution in [0.2, 0.25) is 0 Å². The third-order valence-electron chi connectivity index (χ3n) is 3.51.